The van der Waals surface area contributed by atoms with Crippen LogP contribution in [0.2, 0.25) is 0 Å². The van der Waals surface area contributed by atoms with E-state index in [4.69, 9.17) is 29.3 Å². The zero-order valence-corrected chi connectivity index (χ0v) is 23.2. The number of benzene rings is 2. The molecule has 1 unspecified atom stereocenters. The number of aryl methyl sites for hydroxylation is 1. The molecule has 0 aliphatic carbocycles. The molecule has 1 aliphatic heterocycles. The van der Waals surface area contributed by atoms with Crippen LogP contribution in [0.4, 0.5) is 11.1 Å². The Morgan fingerprint density at radius 2 is 1.90 bits per heavy atom. The van der Waals surface area contributed by atoms with Gasteiger partial charge in [-0.2, -0.15) is 4.52 Å². The van der Waals surface area contributed by atoms with Crippen LogP contribution in [0.1, 0.15) is 35.2 Å². The molecule has 1 atom stereocenters. The highest BCUT2D eigenvalue weighted by atomic mass is 32.1. The molecule has 3 aromatic heterocycles. The monoisotopic (exact) mass is 546 g/mol. The normalized spacial score (nSPS) is 15.6. The predicted octanol–water partition coefficient (Wildman–Crippen LogP) is 4.46. The smallest absolute Gasteiger partial charge is 0.226 e. The van der Waals surface area contributed by atoms with Crippen LogP contribution in [0, 0.1) is 6.92 Å². The van der Waals surface area contributed by atoms with E-state index in [9.17, 15) is 0 Å². The number of hydrogen-bond acceptors (Lipinski definition) is 11. The van der Waals surface area contributed by atoms with E-state index in [1.54, 1.807) is 37.2 Å². The van der Waals surface area contributed by atoms with Crippen molar-refractivity contribution in [3.8, 4) is 17.2 Å². The van der Waals surface area contributed by atoms with Gasteiger partial charge in [-0.1, -0.05) is 17.4 Å². The van der Waals surface area contributed by atoms with E-state index in [1.165, 1.54) is 0 Å². The molecule has 1 fully saturated rings. The molecule has 1 aliphatic rings. The lowest BCUT2D eigenvalue weighted by molar-refractivity contribution is 0.391. The Labute approximate surface area is 229 Å². The van der Waals surface area contributed by atoms with Crippen molar-refractivity contribution in [1.82, 2.24) is 29.8 Å². The predicted molar refractivity (Wildman–Crippen MR) is 151 cm³/mol. The Kier molecular flexibility index (Phi) is 6.77. The Morgan fingerprint density at radius 3 is 2.67 bits per heavy atom. The van der Waals surface area contributed by atoms with E-state index >= 15 is 0 Å². The summed E-state index contributed by atoms with van der Waals surface area (Å²) in [5.74, 6) is 3.68. The third-order valence-corrected chi connectivity index (χ3v) is 7.90. The van der Waals surface area contributed by atoms with Crippen LogP contribution >= 0.6 is 11.3 Å². The lowest BCUT2D eigenvalue weighted by Gasteiger charge is -2.30. The molecular weight excluding hydrogens is 516 g/mol. The van der Waals surface area contributed by atoms with Crippen LogP contribution in [-0.4, -0.2) is 64.2 Å². The van der Waals surface area contributed by atoms with Crippen molar-refractivity contribution in [3.63, 3.8) is 0 Å². The SMILES string of the molecule is COc1ccc(CNc2nc3c(OC)cccc3c3nc(C4CCCN(c5nnc(C)s5)C4)nn23)c(OC)c1. The molecule has 1 saturated heterocycles. The van der Waals surface area contributed by atoms with Gasteiger partial charge in [0.15, 0.2) is 11.5 Å². The second kappa shape index (κ2) is 10.5. The molecule has 0 saturated carbocycles. The molecule has 1 N–H and O–H groups in total. The largest absolute Gasteiger partial charge is 0.497 e. The number of para-hydroxylation sites is 1. The van der Waals surface area contributed by atoms with Gasteiger partial charge in [0.25, 0.3) is 0 Å². The third-order valence-electron chi connectivity index (χ3n) is 7.01. The number of nitrogens with zero attached hydrogens (tertiary/aromatic N) is 7. The van der Waals surface area contributed by atoms with Crippen LogP contribution in [0.25, 0.3) is 16.6 Å². The fourth-order valence-electron chi connectivity index (χ4n) is 5.02. The first-order valence-electron chi connectivity index (χ1n) is 12.8. The molecule has 5 aromatic rings. The van der Waals surface area contributed by atoms with Crippen LogP contribution in [-0.2, 0) is 6.54 Å². The molecule has 0 spiro atoms. The van der Waals surface area contributed by atoms with Crippen molar-refractivity contribution in [1.29, 1.82) is 0 Å². The number of fused-ring (bicyclic) bond motifs is 3. The summed E-state index contributed by atoms with van der Waals surface area (Å²) in [6.45, 7) is 4.20. The van der Waals surface area contributed by atoms with Crippen molar-refractivity contribution in [3.05, 3.63) is 52.8 Å². The van der Waals surface area contributed by atoms with Gasteiger partial charge in [-0.05, 0) is 44.0 Å². The molecule has 6 rings (SSSR count). The fraction of sp³-hybridized carbons (Fsp3) is 0.370. The third kappa shape index (κ3) is 4.76. The highest BCUT2D eigenvalue weighted by Crippen LogP contribution is 2.33. The van der Waals surface area contributed by atoms with Gasteiger partial charge in [0.2, 0.25) is 11.1 Å². The zero-order chi connectivity index (χ0) is 26.9. The van der Waals surface area contributed by atoms with Crippen molar-refractivity contribution < 1.29 is 14.2 Å². The number of methoxy groups -OCH3 is 3. The molecular formula is C27H30N8O3S. The fourth-order valence-corrected chi connectivity index (χ4v) is 5.74. The number of nitrogens with one attached hydrogen (secondary N) is 1. The summed E-state index contributed by atoms with van der Waals surface area (Å²) in [5.41, 5.74) is 2.43. The van der Waals surface area contributed by atoms with Crippen molar-refractivity contribution in [2.75, 3.05) is 44.6 Å². The Bertz CT molecular complexity index is 1630. The van der Waals surface area contributed by atoms with E-state index in [1.807, 2.05) is 43.3 Å². The first-order valence-corrected chi connectivity index (χ1v) is 13.6. The summed E-state index contributed by atoms with van der Waals surface area (Å²) in [5, 5.41) is 19.8. The summed E-state index contributed by atoms with van der Waals surface area (Å²) in [4.78, 5) is 12.3. The number of hydrogen-bond donors (Lipinski definition) is 1. The first-order chi connectivity index (χ1) is 19.1. The second-order valence-corrected chi connectivity index (χ2v) is 10.6. The van der Waals surface area contributed by atoms with Gasteiger partial charge in [0.1, 0.15) is 27.8 Å². The molecule has 2 aromatic carbocycles. The summed E-state index contributed by atoms with van der Waals surface area (Å²) in [6, 6.07) is 11.6. The maximum atomic E-state index is 5.64. The van der Waals surface area contributed by atoms with Gasteiger partial charge in [0, 0.05) is 42.6 Å². The molecule has 39 heavy (non-hydrogen) atoms. The van der Waals surface area contributed by atoms with Crippen molar-refractivity contribution in [2.45, 2.75) is 32.2 Å². The maximum Gasteiger partial charge on any atom is 0.226 e. The number of piperidine rings is 1. The highest BCUT2D eigenvalue weighted by Gasteiger charge is 2.28. The van der Waals surface area contributed by atoms with E-state index in [2.05, 4.69) is 20.4 Å². The topological polar surface area (TPSA) is 112 Å². The average Bonchev–Trinajstić information content (AvgIpc) is 3.63. The molecule has 202 valence electrons. The van der Waals surface area contributed by atoms with Crippen LogP contribution in [0.3, 0.4) is 0 Å². The van der Waals surface area contributed by atoms with Crippen molar-refractivity contribution in [2.24, 2.45) is 0 Å². The van der Waals surface area contributed by atoms with Gasteiger partial charge in [0.05, 0.1) is 21.3 Å². The van der Waals surface area contributed by atoms with Crippen LogP contribution in [0.15, 0.2) is 36.4 Å². The van der Waals surface area contributed by atoms with E-state index in [0.29, 0.717) is 18.2 Å². The summed E-state index contributed by atoms with van der Waals surface area (Å²) < 4.78 is 18.4. The molecule has 0 amide bonds. The lowest BCUT2D eigenvalue weighted by atomic mass is 9.98. The number of anilines is 2. The quantitative estimate of drug-likeness (QED) is 0.299. The van der Waals surface area contributed by atoms with Crippen LogP contribution in [0.5, 0.6) is 17.2 Å². The van der Waals surface area contributed by atoms with Gasteiger partial charge in [-0.3, -0.25) is 0 Å². The minimum atomic E-state index is 0.165. The van der Waals surface area contributed by atoms with E-state index in [-0.39, 0.29) is 5.92 Å². The van der Waals surface area contributed by atoms with Gasteiger partial charge >= 0.3 is 0 Å². The van der Waals surface area contributed by atoms with Gasteiger partial charge in [-0.15, -0.1) is 15.3 Å². The molecule has 11 nitrogen and oxygen atoms in total. The number of ether oxygens (including phenoxy) is 3. The van der Waals surface area contributed by atoms with E-state index in [0.717, 1.165) is 75.5 Å². The second-order valence-electron chi connectivity index (χ2n) is 9.42. The first kappa shape index (κ1) is 25.1. The molecule has 4 heterocycles. The van der Waals surface area contributed by atoms with E-state index < -0.39 is 0 Å². The Hall–Kier alpha value is -4.19. The number of rotatable bonds is 8. The van der Waals surface area contributed by atoms with Gasteiger partial charge in [-0.25, -0.2) is 9.97 Å². The average molecular weight is 547 g/mol. The minimum Gasteiger partial charge on any atom is -0.497 e. The standard InChI is InChI=1S/C27H30N8O3S/c1-16-31-32-27(39-16)34-12-6-7-18(15-34)24-30-25-20-8-5-9-21(37-3)23(20)29-26(35(25)33-24)28-14-17-10-11-19(36-2)13-22(17)38-4/h5,8-11,13,18H,6-7,12,14-15H2,1-4H3,(H,28,29). The maximum absolute atomic E-state index is 5.64. The Morgan fingerprint density at radius 1 is 1.03 bits per heavy atom. The summed E-state index contributed by atoms with van der Waals surface area (Å²) in [7, 11) is 4.94. The zero-order valence-electron chi connectivity index (χ0n) is 22.3. The Balaban J connectivity index is 1.38. The molecule has 0 radical (unpaired) electrons. The van der Waals surface area contributed by atoms with Crippen molar-refractivity contribution >= 4 is 39.0 Å². The van der Waals surface area contributed by atoms with Gasteiger partial charge < -0.3 is 24.4 Å². The molecule has 12 heteroatoms. The summed E-state index contributed by atoms with van der Waals surface area (Å²) >= 11 is 1.62. The highest BCUT2D eigenvalue weighted by molar-refractivity contribution is 7.15. The van der Waals surface area contributed by atoms with Crippen LogP contribution < -0.4 is 24.4 Å². The lowest BCUT2D eigenvalue weighted by Crippen LogP contribution is -2.34. The number of aromatic nitrogens is 6. The summed E-state index contributed by atoms with van der Waals surface area (Å²) in [6.07, 6.45) is 2.04. The molecule has 0 bridgehead atoms. The minimum absolute atomic E-state index is 0.165.